The van der Waals surface area contributed by atoms with Gasteiger partial charge in [0, 0.05) is 35.0 Å². The fourth-order valence-corrected chi connectivity index (χ4v) is 2.61. The molecule has 1 N–H and O–H groups in total. The quantitative estimate of drug-likeness (QED) is 0.745. The minimum atomic E-state index is -0.254. The Morgan fingerprint density at radius 3 is 2.87 bits per heavy atom. The highest BCUT2D eigenvalue weighted by Gasteiger charge is 2.13. The number of nitrogens with zero attached hydrogens (tertiary/aromatic N) is 2. The van der Waals surface area contributed by atoms with Crippen molar-refractivity contribution in [2.45, 2.75) is 6.42 Å². The summed E-state index contributed by atoms with van der Waals surface area (Å²) in [6.07, 6.45) is 4.07. The zero-order chi connectivity index (χ0) is 16.1. The summed E-state index contributed by atoms with van der Waals surface area (Å²) in [5, 5.41) is 6.65. The number of halogens is 1. The van der Waals surface area contributed by atoms with Crippen molar-refractivity contribution < 1.29 is 9.32 Å². The van der Waals surface area contributed by atoms with E-state index in [4.69, 9.17) is 4.52 Å². The molecule has 0 saturated carbocycles. The minimum absolute atomic E-state index is 0.254. The highest BCUT2D eigenvalue weighted by atomic mass is 79.9. The molecule has 0 fully saturated rings. The summed E-state index contributed by atoms with van der Waals surface area (Å²) in [4.78, 5) is 16.1. The molecule has 0 aliphatic carbocycles. The van der Waals surface area contributed by atoms with Crippen LogP contribution in [0.1, 0.15) is 16.1 Å². The number of carbonyl (C=O) groups excluding carboxylic acids is 1. The molecule has 0 atom stereocenters. The average Bonchev–Trinajstić information content (AvgIpc) is 3.07. The number of pyridine rings is 1. The van der Waals surface area contributed by atoms with Crippen molar-refractivity contribution in [1.82, 2.24) is 15.5 Å². The molecule has 3 aromatic rings. The van der Waals surface area contributed by atoms with E-state index < -0.39 is 0 Å². The van der Waals surface area contributed by atoms with Crippen LogP contribution in [0.5, 0.6) is 0 Å². The number of carbonyl (C=O) groups is 1. The topological polar surface area (TPSA) is 68.0 Å². The Bertz CT molecular complexity index is 802. The van der Waals surface area contributed by atoms with E-state index in [1.807, 2.05) is 30.3 Å². The molecule has 3 rings (SSSR count). The predicted molar refractivity (Wildman–Crippen MR) is 89.9 cm³/mol. The predicted octanol–water partition coefficient (Wildman–Crippen LogP) is 3.47. The molecular formula is C17H14BrN3O2. The van der Waals surface area contributed by atoms with Gasteiger partial charge < -0.3 is 9.84 Å². The number of aromatic nitrogens is 2. The van der Waals surface area contributed by atoms with Gasteiger partial charge in [0.2, 0.25) is 0 Å². The lowest BCUT2D eigenvalue weighted by Gasteiger charge is -2.05. The van der Waals surface area contributed by atoms with Gasteiger partial charge in [-0.1, -0.05) is 39.3 Å². The van der Waals surface area contributed by atoms with Crippen LogP contribution >= 0.6 is 15.9 Å². The molecule has 0 aliphatic rings. The van der Waals surface area contributed by atoms with Crippen molar-refractivity contribution in [2.24, 2.45) is 0 Å². The summed E-state index contributed by atoms with van der Waals surface area (Å²) in [6.45, 7) is 0.524. The molecule has 6 heteroatoms. The molecule has 2 heterocycles. The molecule has 0 unspecified atom stereocenters. The standard InChI is InChI=1S/C17H14BrN3O2/c18-14-6-2-1-4-12(14)7-9-20-17(22)15-10-16(23-21-15)13-5-3-8-19-11-13/h1-6,8,10-11H,7,9H2,(H,20,22). The van der Waals surface area contributed by atoms with Gasteiger partial charge in [-0.15, -0.1) is 0 Å². The van der Waals surface area contributed by atoms with E-state index in [-0.39, 0.29) is 11.6 Å². The molecule has 0 aliphatic heterocycles. The number of benzene rings is 1. The second kappa shape index (κ2) is 7.19. The Balaban J connectivity index is 1.59. The molecule has 0 bridgehead atoms. The highest BCUT2D eigenvalue weighted by Crippen LogP contribution is 2.19. The maximum Gasteiger partial charge on any atom is 0.273 e. The third kappa shape index (κ3) is 3.84. The van der Waals surface area contributed by atoms with Crippen molar-refractivity contribution in [2.75, 3.05) is 6.54 Å². The first-order valence-corrected chi connectivity index (χ1v) is 7.92. The zero-order valence-electron chi connectivity index (χ0n) is 12.2. The van der Waals surface area contributed by atoms with Crippen LogP contribution in [-0.2, 0) is 6.42 Å². The summed E-state index contributed by atoms with van der Waals surface area (Å²) >= 11 is 3.49. The van der Waals surface area contributed by atoms with Crippen molar-refractivity contribution in [3.05, 3.63) is 70.6 Å². The van der Waals surface area contributed by atoms with Gasteiger partial charge in [0.1, 0.15) is 0 Å². The fourth-order valence-electron chi connectivity index (χ4n) is 2.13. The van der Waals surface area contributed by atoms with Gasteiger partial charge in [0.15, 0.2) is 11.5 Å². The molecule has 0 radical (unpaired) electrons. The maximum atomic E-state index is 12.1. The lowest BCUT2D eigenvalue weighted by molar-refractivity contribution is 0.0945. The number of hydrogen-bond donors (Lipinski definition) is 1. The lowest BCUT2D eigenvalue weighted by atomic mass is 10.1. The summed E-state index contributed by atoms with van der Waals surface area (Å²) < 4.78 is 6.23. The molecular weight excluding hydrogens is 358 g/mol. The van der Waals surface area contributed by atoms with Gasteiger partial charge in [0.25, 0.3) is 5.91 Å². The molecule has 2 aromatic heterocycles. The summed E-state index contributed by atoms with van der Waals surface area (Å²) in [5.41, 5.74) is 2.19. The Kier molecular flexibility index (Phi) is 4.83. The first-order chi connectivity index (χ1) is 11.2. The van der Waals surface area contributed by atoms with E-state index in [0.29, 0.717) is 12.3 Å². The average molecular weight is 372 g/mol. The number of nitrogens with one attached hydrogen (secondary N) is 1. The Labute approximate surface area is 141 Å². The van der Waals surface area contributed by atoms with Crippen molar-refractivity contribution in [3.8, 4) is 11.3 Å². The minimum Gasteiger partial charge on any atom is -0.355 e. The number of rotatable bonds is 5. The van der Waals surface area contributed by atoms with Gasteiger partial charge in [-0.25, -0.2) is 0 Å². The van der Waals surface area contributed by atoms with Crippen LogP contribution in [0.4, 0.5) is 0 Å². The van der Waals surface area contributed by atoms with Crippen LogP contribution in [-0.4, -0.2) is 22.6 Å². The SMILES string of the molecule is O=C(NCCc1ccccc1Br)c1cc(-c2cccnc2)on1. The monoisotopic (exact) mass is 371 g/mol. The van der Waals surface area contributed by atoms with Gasteiger partial charge >= 0.3 is 0 Å². The van der Waals surface area contributed by atoms with Crippen LogP contribution < -0.4 is 5.32 Å². The van der Waals surface area contributed by atoms with E-state index in [1.54, 1.807) is 24.5 Å². The van der Waals surface area contributed by atoms with Gasteiger partial charge in [-0.05, 0) is 30.2 Å². The van der Waals surface area contributed by atoms with Gasteiger partial charge in [-0.2, -0.15) is 0 Å². The first kappa shape index (κ1) is 15.4. The number of hydrogen-bond acceptors (Lipinski definition) is 4. The van der Waals surface area contributed by atoms with E-state index >= 15 is 0 Å². The maximum absolute atomic E-state index is 12.1. The summed E-state index contributed by atoms with van der Waals surface area (Å²) in [7, 11) is 0. The van der Waals surface area contributed by atoms with Gasteiger partial charge in [-0.3, -0.25) is 9.78 Å². The third-order valence-electron chi connectivity index (χ3n) is 3.33. The molecule has 1 amide bonds. The highest BCUT2D eigenvalue weighted by molar-refractivity contribution is 9.10. The van der Waals surface area contributed by atoms with Crippen LogP contribution in [0.2, 0.25) is 0 Å². The van der Waals surface area contributed by atoms with Crippen molar-refractivity contribution in [3.63, 3.8) is 0 Å². The van der Waals surface area contributed by atoms with E-state index in [2.05, 4.69) is 31.4 Å². The smallest absolute Gasteiger partial charge is 0.273 e. The summed E-state index contributed by atoms with van der Waals surface area (Å²) in [5.74, 6) is 0.269. The van der Waals surface area contributed by atoms with Crippen molar-refractivity contribution in [1.29, 1.82) is 0 Å². The molecule has 5 nitrogen and oxygen atoms in total. The lowest BCUT2D eigenvalue weighted by Crippen LogP contribution is -2.26. The molecule has 116 valence electrons. The van der Waals surface area contributed by atoms with E-state index in [0.717, 1.165) is 22.0 Å². The van der Waals surface area contributed by atoms with Crippen LogP contribution in [0.3, 0.4) is 0 Å². The van der Waals surface area contributed by atoms with Crippen molar-refractivity contribution >= 4 is 21.8 Å². The molecule has 1 aromatic carbocycles. The summed E-state index contributed by atoms with van der Waals surface area (Å²) in [6, 6.07) is 13.2. The number of amides is 1. The van der Waals surface area contributed by atoms with Crippen LogP contribution in [0, 0.1) is 0 Å². The molecule has 0 spiro atoms. The fraction of sp³-hybridized carbons (Fsp3) is 0.118. The van der Waals surface area contributed by atoms with Crippen LogP contribution in [0.15, 0.2) is 63.9 Å². The second-order valence-corrected chi connectivity index (χ2v) is 5.77. The van der Waals surface area contributed by atoms with Crippen LogP contribution in [0.25, 0.3) is 11.3 Å². The Morgan fingerprint density at radius 2 is 2.09 bits per heavy atom. The molecule has 23 heavy (non-hydrogen) atoms. The van der Waals surface area contributed by atoms with Gasteiger partial charge in [0.05, 0.1) is 0 Å². The van der Waals surface area contributed by atoms with E-state index in [9.17, 15) is 4.79 Å². The second-order valence-electron chi connectivity index (χ2n) is 4.92. The third-order valence-corrected chi connectivity index (χ3v) is 4.10. The first-order valence-electron chi connectivity index (χ1n) is 7.13. The molecule has 0 saturated heterocycles. The largest absolute Gasteiger partial charge is 0.355 e. The Morgan fingerprint density at radius 1 is 1.22 bits per heavy atom. The normalized spacial score (nSPS) is 10.5. The Hall–Kier alpha value is -2.47. The zero-order valence-corrected chi connectivity index (χ0v) is 13.8. The van der Waals surface area contributed by atoms with E-state index in [1.165, 1.54) is 0 Å².